The molecule has 1 aliphatic carbocycles. The summed E-state index contributed by atoms with van der Waals surface area (Å²) < 4.78 is 0. The molecular weight excluding hydrogens is 263 g/mol. The zero-order valence-corrected chi connectivity index (χ0v) is 12.3. The van der Waals surface area contributed by atoms with Gasteiger partial charge in [-0.1, -0.05) is 66.1 Å². The van der Waals surface area contributed by atoms with E-state index < -0.39 is 0 Å². The smallest absolute Gasteiger partial charge is 0.0406 e. The molecule has 0 aliphatic heterocycles. The molecule has 0 N–H and O–H groups in total. The van der Waals surface area contributed by atoms with E-state index in [1.165, 1.54) is 11.1 Å². The van der Waals surface area contributed by atoms with E-state index in [9.17, 15) is 0 Å². The highest BCUT2D eigenvalue weighted by molar-refractivity contribution is 6.30. The molecule has 1 aromatic rings. The Labute approximate surface area is 120 Å². The Bertz CT molecular complexity index is 450. The van der Waals surface area contributed by atoms with Crippen LogP contribution in [0.2, 0.25) is 5.02 Å². The van der Waals surface area contributed by atoms with E-state index in [0.717, 1.165) is 22.9 Å². The minimum Gasteiger partial charge on any atom is -0.0888 e. The molecule has 0 atom stereocenters. The summed E-state index contributed by atoms with van der Waals surface area (Å²) in [4.78, 5) is 0. The first-order valence-corrected chi connectivity index (χ1v) is 6.81. The maximum Gasteiger partial charge on any atom is 0.0406 e. The van der Waals surface area contributed by atoms with E-state index in [0.29, 0.717) is 0 Å². The molecule has 2 rings (SSSR count). The summed E-state index contributed by atoms with van der Waals surface area (Å²) >= 11 is 11.4. The second-order valence-electron chi connectivity index (χ2n) is 4.11. The second-order valence-corrected chi connectivity index (χ2v) is 5.03. The molecule has 0 radical (unpaired) electrons. The van der Waals surface area contributed by atoms with Gasteiger partial charge < -0.3 is 0 Å². The van der Waals surface area contributed by atoms with Gasteiger partial charge in [-0.3, -0.25) is 0 Å². The number of benzene rings is 1. The van der Waals surface area contributed by atoms with Crippen LogP contribution in [0, 0.1) is 0 Å². The second kappa shape index (κ2) is 8.18. The molecule has 0 saturated carbocycles. The van der Waals surface area contributed by atoms with Gasteiger partial charge in [-0.2, -0.15) is 0 Å². The lowest BCUT2D eigenvalue weighted by Gasteiger charge is -1.93. The van der Waals surface area contributed by atoms with Gasteiger partial charge in [0.15, 0.2) is 0 Å². The van der Waals surface area contributed by atoms with Crippen molar-refractivity contribution in [2.75, 3.05) is 0 Å². The summed E-state index contributed by atoms with van der Waals surface area (Å²) in [5, 5.41) is 1.72. The Morgan fingerprint density at radius 2 is 1.72 bits per heavy atom. The maximum atomic E-state index is 5.75. The van der Waals surface area contributed by atoms with E-state index in [1.54, 1.807) is 0 Å². The molecule has 96 valence electrons. The van der Waals surface area contributed by atoms with E-state index in [2.05, 4.69) is 26.0 Å². The largest absolute Gasteiger partial charge is 0.0888 e. The number of halogens is 2. The summed E-state index contributed by atoms with van der Waals surface area (Å²) in [5.41, 5.74) is 2.59. The van der Waals surface area contributed by atoms with Gasteiger partial charge >= 0.3 is 0 Å². The molecule has 1 aliphatic rings. The van der Waals surface area contributed by atoms with Crippen LogP contribution in [0.3, 0.4) is 0 Å². The van der Waals surface area contributed by atoms with Gasteiger partial charge in [0.25, 0.3) is 0 Å². The fraction of sp³-hybridized carbons (Fsp3) is 0.250. The molecule has 0 spiro atoms. The number of rotatable bonds is 1. The van der Waals surface area contributed by atoms with Crippen LogP contribution < -0.4 is 0 Å². The summed E-state index contributed by atoms with van der Waals surface area (Å²) in [6.07, 6.45) is 10.1. The van der Waals surface area contributed by atoms with Gasteiger partial charge in [-0.25, -0.2) is 0 Å². The van der Waals surface area contributed by atoms with Gasteiger partial charge in [-0.05, 0) is 37.1 Å². The topological polar surface area (TPSA) is 0 Å². The van der Waals surface area contributed by atoms with Gasteiger partial charge in [-0.15, -0.1) is 0 Å². The first kappa shape index (κ1) is 15.1. The third-order valence-electron chi connectivity index (χ3n) is 2.54. The third kappa shape index (κ3) is 6.09. The van der Waals surface area contributed by atoms with Crippen LogP contribution in [-0.4, -0.2) is 0 Å². The first-order valence-electron chi connectivity index (χ1n) is 6.05. The van der Waals surface area contributed by atoms with Crippen molar-refractivity contribution < 1.29 is 0 Å². The fourth-order valence-electron chi connectivity index (χ4n) is 1.42. The van der Waals surface area contributed by atoms with Crippen molar-refractivity contribution in [2.45, 2.75) is 26.7 Å². The molecule has 0 fully saturated rings. The Hall–Kier alpha value is -0.980. The van der Waals surface area contributed by atoms with Crippen LogP contribution in [0.5, 0.6) is 0 Å². The zero-order chi connectivity index (χ0) is 13.4. The Balaban J connectivity index is 0.000000180. The van der Waals surface area contributed by atoms with Crippen molar-refractivity contribution in [3.63, 3.8) is 0 Å². The number of aryl methyl sites for hydroxylation is 1. The molecule has 2 heteroatoms. The van der Waals surface area contributed by atoms with Gasteiger partial charge in [0, 0.05) is 16.5 Å². The summed E-state index contributed by atoms with van der Waals surface area (Å²) in [7, 11) is 0. The number of allylic oxidation sites excluding steroid dienone is 6. The Kier molecular flexibility index (Phi) is 6.85. The minimum atomic E-state index is 0.812. The molecule has 0 unspecified atom stereocenters. The summed E-state index contributed by atoms with van der Waals surface area (Å²) in [5.74, 6) is 0. The molecule has 0 saturated heterocycles. The van der Waals surface area contributed by atoms with Crippen LogP contribution in [-0.2, 0) is 6.42 Å². The van der Waals surface area contributed by atoms with Crippen LogP contribution in [0.1, 0.15) is 25.8 Å². The quantitative estimate of drug-likeness (QED) is 0.599. The lowest BCUT2D eigenvalue weighted by atomic mass is 10.2. The van der Waals surface area contributed by atoms with Crippen LogP contribution in [0.4, 0.5) is 0 Å². The van der Waals surface area contributed by atoms with E-state index in [1.807, 2.05) is 36.4 Å². The lowest BCUT2D eigenvalue weighted by molar-refractivity contribution is 1.14. The highest BCUT2D eigenvalue weighted by Gasteiger charge is 1.90. The number of hydrogen-bond acceptors (Lipinski definition) is 0. The van der Waals surface area contributed by atoms with Crippen molar-refractivity contribution in [2.24, 2.45) is 0 Å². The average Bonchev–Trinajstić information content (AvgIpc) is 2.56. The third-order valence-corrected chi connectivity index (χ3v) is 3.07. The monoisotopic (exact) mass is 280 g/mol. The highest BCUT2D eigenvalue weighted by Crippen LogP contribution is 2.13. The van der Waals surface area contributed by atoms with Gasteiger partial charge in [0.1, 0.15) is 0 Å². The lowest BCUT2D eigenvalue weighted by Crippen LogP contribution is -1.75. The molecule has 0 nitrogen and oxygen atoms in total. The van der Waals surface area contributed by atoms with E-state index >= 15 is 0 Å². The molecular formula is C16H18Cl2. The minimum absolute atomic E-state index is 0.812. The van der Waals surface area contributed by atoms with Gasteiger partial charge in [0.05, 0.1) is 0 Å². The van der Waals surface area contributed by atoms with E-state index in [4.69, 9.17) is 23.2 Å². The van der Waals surface area contributed by atoms with Crippen molar-refractivity contribution in [3.05, 3.63) is 69.8 Å². The standard InChI is InChI=1S/2C8H9Cl/c1-7-3-2-4-8(9)6-5-7;1-2-7-3-5-8(9)6-4-7/h2-3,5-6H,4H2,1H3;3-6H,2H2,1H3. The van der Waals surface area contributed by atoms with Crippen molar-refractivity contribution >= 4 is 23.2 Å². The van der Waals surface area contributed by atoms with Crippen molar-refractivity contribution in [1.82, 2.24) is 0 Å². The molecule has 18 heavy (non-hydrogen) atoms. The SMILES string of the molecule is CC1=CC=C(Cl)CC=C1.CCc1ccc(Cl)cc1. The van der Waals surface area contributed by atoms with Crippen LogP contribution in [0.15, 0.2) is 59.2 Å². The average molecular weight is 281 g/mol. The molecule has 0 aromatic heterocycles. The first-order chi connectivity index (χ1) is 8.61. The number of hydrogen-bond donors (Lipinski definition) is 0. The highest BCUT2D eigenvalue weighted by atomic mass is 35.5. The van der Waals surface area contributed by atoms with E-state index in [-0.39, 0.29) is 0 Å². The fourth-order valence-corrected chi connectivity index (χ4v) is 1.70. The summed E-state index contributed by atoms with van der Waals surface area (Å²) in [6, 6.07) is 7.92. The molecule has 0 heterocycles. The van der Waals surface area contributed by atoms with Crippen molar-refractivity contribution in [1.29, 1.82) is 0 Å². The zero-order valence-electron chi connectivity index (χ0n) is 10.8. The predicted octanol–water partition coefficient (Wildman–Crippen LogP) is 5.92. The van der Waals surface area contributed by atoms with Crippen LogP contribution in [0.25, 0.3) is 0 Å². The summed E-state index contributed by atoms with van der Waals surface area (Å²) in [6.45, 7) is 4.19. The molecule has 0 amide bonds. The van der Waals surface area contributed by atoms with Crippen molar-refractivity contribution in [3.8, 4) is 0 Å². The Morgan fingerprint density at radius 1 is 1.06 bits per heavy atom. The molecule has 0 bridgehead atoms. The Morgan fingerprint density at radius 3 is 2.33 bits per heavy atom. The maximum absolute atomic E-state index is 5.75. The molecule has 1 aromatic carbocycles. The van der Waals surface area contributed by atoms with Gasteiger partial charge in [0.2, 0.25) is 0 Å². The normalized spacial score (nSPS) is 14.0. The predicted molar refractivity (Wildman–Crippen MR) is 82.3 cm³/mol. The van der Waals surface area contributed by atoms with Crippen LogP contribution >= 0.6 is 23.2 Å².